The molecule has 0 unspecified atom stereocenters. The van der Waals surface area contributed by atoms with Gasteiger partial charge in [-0.05, 0) is 45.2 Å². The van der Waals surface area contributed by atoms with Crippen LogP contribution >= 0.6 is 11.6 Å². The van der Waals surface area contributed by atoms with Crippen molar-refractivity contribution in [2.24, 2.45) is 0 Å². The number of anilines is 1. The van der Waals surface area contributed by atoms with E-state index in [9.17, 15) is 9.59 Å². The van der Waals surface area contributed by atoms with E-state index in [2.05, 4.69) is 17.8 Å². The van der Waals surface area contributed by atoms with Crippen molar-refractivity contribution in [3.8, 4) is 12.8 Å². The first-order valence-electron chi connectivity index (χ1n) is 7.77. The van der Waals surface area contributed by atoms with E-state index in [0.717, 1.165) is 24.8 Å². The summed E-state index contributed by atoms with van der Waals surface area (Å²) in [6, 6.07) is 1.84. The molecule has 3 rings (SSSR count). The van der Waals surface area contributed by atoms with E-state index in [0.29, 0.717) is 5.69 Å². The first kappa shape index (κ1) is 18.3. The Labute approximate surface area is 147 Å². The van der Waals surface area contributed by atoms with Gasteiger partial charge in [0.2, 0.25) is 5.91 Å². The van der Waals surface area contributed by atoms with E-state index >= 15 is 0 Å². The molecule has 6 heteroatoms. The lowest BCUT2D eigenvalue weighted by atomic mass is 9.65. The highest BCUT2D eigenvalue weighted by atomic mass is 35.5. The lowest BCUT2D eigenvalue weighted by Gasteiger charge is -2.36. The number of carbonyl (C=O) groups excluding carboxylic acids is 2. The Hall–Kier alpha value is -2.06. The van der Waals surface area contributed by atoms with Crippen molar-refractivity contribution in [1.82, 2.24) is 4.98 Å². The fourth-order valence-corrected chi connectivity index (χ4v) is 3.47. The smallest absolute Gasteiger partial charge is 0.326 e. The topological polar surface area (TPSA) is 59.5 Å². The van der Waals surface area contributed by atoms with Gasteiger partial charge < -0.3 is 4.74 Å². The Morgan fingerprint density at radius 2 is 2.04 bits per heavy atom. The van der Waals surface area contributed by atoms with Crippen molar-refractivity contribution in [1.29, 1.82) is 0 Å². The Balaban J connectivity index is 0.00000100. The van der Waals surface area contributed by atoms with Gasteiger partial charge in [-0.2, -0.15) is 0 Å². The minimum Gasteiger partial charge on any atom is -0.459 e. The van der Waals surface area contributed by atoms with Crippen molar-refractivity contribution in [2.45, 2.75) is 51.0 Å². The number of ether oxygens (including phenoxy) is 1. The van der Waals surface area contributed by atoms with E-state index in [4.69, 9.17) is 16.3 Å². The molecule has 0 saturated heterocycles. The second kappa shape index (κ2) is 6.45. The maximum atomic E-state index is 12.9. The van der Waals surface area contributed by atoms with E-state index in [1.165, 1.54) is 4.90 Å². The number of halogens is 1. The summed E-state index contributed by atoms with van der Waals surface area (Å²) in [5, 5.41) is 0.262. The van der Waals surface area contributed by atoms with Crippen LogP contribution in [0.25, 0.3) is 0 Å². The van der Waals surface area contributed by atoms with Crippen molar-refractivity contribution in [3.63, 3.8) is 0 Å². The zero-order valence-electron chi connectivity index (χ0n) is 14.1. The molecule has 1 spiro atoms. The Morgan fingerprint density at radius 1 is 1.42 bits per heavy atom. The molecule has 0 atom stereocenters. The molecule has 1 saturated carbocycles. The first-order chi connectivity index (χ1) is 11.2. The molecule has 1 fully saturated rings. The molecule has 2 aliphatic rings. The molecule has 1 aromatic heterocycles. The van der Waals surface area contributed by atoms with Gasteiger partial charge in [0.05, 0.1) is 11.1 Å². The fraction of sp³-hybridized carbons (Fsp3) is 0.500. The van der Waals surface area contributed by atoms with Crippen LogP contribution in [0, 0.1) is 12.8 Å². The Bertz CT molecular complexity index is 687. The van der Waals surface area contributed by atoms with E-state index < -0.39 is 17.0 Å². The van der Waals surface area contributed by atoms with E-state index in [1.54, 1.807) is 27.0 Å². The number of aromatic nitrogens is 1. The van der Waals surface area contributed by atoms with Crippen LogP contribution in [-0.2, 0) is 19.7 Å². The van der Waals surface area contributed by atoms with Crippen LogP contribution in [0.4, 0.5) is 5.69 Å². The normalized spacial score (nSPS) is 17.6. The molecule has 2 heterocycles. The molecule has 0 radical (unpaired) electrons. The molecule has 24 heavy (non-hydrogen) atoms. The predicted molar refractivity (Wildman–Crippen MR) is 92.9 cm³/mol. The van der Waals surface area contributed by atoms with Crippen molar-refractivity contribution in [2.75, 3.05) is 11.4 Å². The van der Waals surface area contributed by atoms with Gasteiger partial charge in [0.15, 0.2) is 5.15 Å². The fourth-order valence-electron chi connectivity index (χ4n) is 3.21. The number of carbonyl (C=O) groups is 2. The number of rotatable bonds is 2. The largest absolute Gasteiger partial charge is 0.459 e. The zero-order chi connectivity index (χ0) is 18.1. The minimum atomic E-state index is -0.588. The molecule has 0 aromatic carbocycles. The highest BCUT2D eigenvalue weighted by molar-refractivity contribution is 6.34. The molecular formula is C18H21ClN2O3. The number of fused-ring (bicyclic) bond motifs is 2. The van der Waals surface area contributed by atoms with Crippen LogP contribution in [0.1, 0.15) is 45.6 Å². The Morgan fingerprint density at radius 3 is 2.54 bits per heavy atom. The molecule has 0 N–H and O–H groups in total. The third-order valence-corrected chi connectivity index (χ3v) is 4.51. The SMILES string of the molecule is C#C.CC(C)(C)OC(=O)CN1C(=O)C2(CCC2)c2ccnc(Cl)c21. The van der Waals surface area contributed by atoms with Gasteiger partial charge in [-0.25, -0.2) is 4.98 Å². The maximum Gasteiger partial charge on any atom is 0.326 e. The van der Waals surface area contributed by atoms with Gasteiger partial charge in [0.25, 0.3) is 0 Å². The summed E-state index contributed by atoms with van der Waals surface area (Å²) >= 11 is 6.20. The molecule has 1 aliphatic carbocycles. The van der Waals surface area contributed by atoms with Crippen molar-refractivity contribution >= 4 is 29.2 Å². The summed E-state index contributed by atoms with van der Waals surface area (Å²) in [5.74, 6) is -0.502. The summed E-state index contributed by atoms with van der Waals surface area (Å²) in [7, 11) is 0. The van der Waals surface area contributed by atoms with Gasteiger partial charge in [-0.3, -0.25) is 14.5 Å². The number of hydrogen-bond donors (Lipinski definition) is 0. The van der Waals surface area contributed by atoms with E-state index in [1.807, 2.05) is 6.07 Å². The number of pyridine rings is 1. The van der Waals surface area contributed by atoms with Gasteiger partial charge in [-0.1, -0.05) is 18.0 Å². The van der Waals surface area contributed by atoms with Crippen LogP contribution in [0.2, 0.25) is 5.15 Å². The Kier molecular flexibility index (Phi) is 4.91. The molecule has 0 bridgehead atoms. The van der Waals surface area contributed by atoms with Crippen LogP contribution < -0.4 is 4.90 Å². The van der Waals surface area contributed by atoms with Crippen molar-refractivity contribution in [3.05, 3.63) is 23.0 Å². The van der Waals surface area contributed by atoms with Gasteiger partial charge in [0.1, 0.15) is 12.1 Å². The van der Waals surface area contributed by atoms with Crippen LogP contribution in [0.5, 0.6) is 0 Å². The molecule has 1 aromatic rings. The summed E-state index contributed by atoms with van der Waals surface area (Å²) in [4.78, 5) is 30.5. The molecule has 1 amide bonds. The lowest BCUT2D eigenvalue weighted by Crippen LogP contribution is -2.47. The average Bonchev–Trinajstić information content (AvgIpc) is 2.69. The standard InChI is InChI=1S/C16H19ClN2O3.C2H2/c1-15(2,3)22-11(20)9-19-12-10(5-8-18-13(12)17)16(14(19)21)6-4-7-16;1-2/h5,8H,4,6-7,9H2,1-3H3;1-2H. The number of esters is 1. The predicted octanol–water partition coefficient (Wildman–Crippen LogP) is 3.09. The zero-order valence-corrected chi connectivity index (χ0v) is 14.9. The summed E-state index contributed by atoms with van der Waals surface area (Å²) < 4.78 is 5.33. The lowest BCUT2D eigenvalue weighted by molar-refractivity contribution is -0.153. The number of terminal acetylenes is 1. The average molecular weight is 349 g/mol. The molecular weight excluding hydrogens is 328 g/mol. The molecule has 5 nitrogen and oxygen atoms in total. The number of hydrogen-bond acceptors (Lipinski definition) is 4. The highest BCUT2D eigenvalue weighted by Gasteiger charge is 2.55. The highest BCUT2D eigenvalue weighted by Crippen LogP contribution is 2.54. The number of nitrogens with zero attached hydrogens (tertiary/aromatic N) is 2. The summed E-state index contributed by atoms with van der Waals surface area (Å²) in [6.45, 7) is 5.27. The van der Waals surface area contributed by atoms with Crippen LogP contribution in [0.15, 0.2) is 12.3 Å². The molecule has 128 valence electrons. The van der Waals surface area contributed by atoms with Crippen LogP contribution in [-0.4, -0.2) is 29.0 Å². The third kappa shape index (κ3) is 2.99. The van der Waals surface area contributed by atoms with Gasteiger partial charge >= 0.3 is 5.97 Å². The summed E-state index contributed by atoms with van der Waals surface area (Å²) in [6.07, 6.45) is 12.2. The van der Waals surface area contributed by atoms with Crippen molar-refractivity contribution < 1.29 is 14.3 Å². The van der Waals surface area contributed by atoms with Gasteiger partial charge in [-0.15, -0.1) is 12.8 Å². The van der Waals surface area contributed by atoms with E-state index in [-0.39, 0.29) is 17.6 Å². The summed E-state index contributed by atoms with van der Waals surface area (Å²) in [5.41, 5.74) is 0.367. The minimum absolute atomic E-state index is 0.0606. The second-order valence-electron chi connectivity index (χ2n) is 6.91. The van der Waals surface area contributed by atoms with Crippen LogP contribution in [0.3, 0.4) is 0 Å². The first-order valence-corrected chi connectivity index (χ1v) is 8.14. The third-order valence-electron chi connectivity index (χ3n) is 4.23. The monoisotopic (exact) mass is 348 g/mol. The maximum absolute atomic E-state index is 12.9. The second-order valence-corrected chi connectivity index (χ2v) is 7.27. The van der Waals surface area contributed by atoms with Gasteiger partial charge in [0, 0.05) is 6.20 Å². The molecule has 1 aliphatic heterocycles. The quantitative estimate of drug-likeness (QED) is 0.468. The number of amides is 1.